The van der Waals surface area contributed by atoms with Gasteiger partial charge in [-0.3, -0.25) is 10.1 Å². The summed E-state index contributed by atoms with van der Waals surface area (Å²) in [4.78, 5) is 15.0. The average molecular weight is 347 g/mol. The molecule has 1 aromatic heterocycles. The number of nitriles is 1. The predicted octanol–water partition coefficient (Wildman–Crippen LogP) is 3.37. The molecule has 0 spiro atoms. The van der Waals surface area contributed by atoms with Crippen molar-refractivity contribution in [2.75, 3.05) is 11.9 Å². The minimum absolute atomic E-state index is 0.0448. The van der Waals surface area contributed by atoms with Gasteiger partial charge in [-0.05, 0) is 17.7 Å². The van der Waals surface area contributed by atoms with Gasteiger partial charge >= 0.3 is 0 Å². The second-order valence-corrected chi connectivity index (χ2v) is 5.73. The fraction of sp³-hybridized carbons (Fsp3) is 0.158. The lowest BCUT2D eigenvalue weighted by atomic mass is 10.2. The van der Waals surface area contributed by atoms with Gasteiger partial charge in [-0.2, -0.15) is 5.26 Å². The van der Waals surface area contributed by atoms with Crippen molar-refractivity contribution in [3.05, 3.63) is 88.0 Å². The lowest BCUT2D eigenvalue weighted by molar-refractivity contribution is -0.384. The van der Waals surface area contributed by atoms with Crippen molar-refractivity contribution in [3.8, 4) is 6.07 Å². The molecule has 3 aromatic rings. The van der Waals surface area contributed by atoms with Crippen molar-refractivity contribution in [3.63, 3.8) is 0 Å². The number of aromatic nitrogens is 2. The Morgan fingerprint density at radius 1 is 1.23 bits per heavy atom. The normalized spacial score (nSPS) is 10.3. The van der Waals surface area contributed by atoms with E-state index >= 15 is 0 Å². The molecule has 130 valence electrons. The number of nitrogens with one attached hydrogen (secondary N) is 1. The quantitative estimate of drug-likeness (QED) is 0.522. The summed E-state index contributed by atoms with van der Waals surface area (Å²) in [5.41, 5.74) is 1.85. The van der Waals surface area contributed by atoms with E-state index in [-0.39, 0.29) is 5.69 Å². The third kappa shape index (κ3) is 4.05. The van der Waals surface area contributed by atoms with Gasteiger partial charge in [-0.1, -0.05) is 30.3 Å². The molecule has 0 saturated heterocycles. The number of imidazole rings is 1. The van der Waals surface area contributed by atoms with Gasteiger partial charge in [-0.25, -0.2) is 4.98 Å². The highest BCUT2D eigenvalue weighted by molar-refractivity contribution is 5.64. The minimum Gasteiger partial charge on any atom is -0.379 e. The Morgan fingerprint density at radius 3 is 2.77 bits per heavy atom. The summed E-state index contributed by atoms with van der Waals surface area (Å²) in [7, 11) is 0. The number of hydrogen-bond acceptors (Lipinski definition) is 5. The van der Waals surface area contributed by atoms with E-state index in [0.717, 1.165) is 12.4 Å². The van der Waals surface area contributed by atoms with Gasteiger partial charge in [-0.15, -0.1) is 0 Å². The van der Waals surface area contributed by atoms with Crippen LogP contribution >= 0.6 is 0 Å². The van der Waals surface area contributed by atoms with Crippen molar-refractivity contribution in [2.45, 2.75) is 13.0 Å². The van der Waals surface area contributed by atoms with E-state index in [0.29, 0.717) is 24.2 Å². The van der Waals surface area contributed by atoms with Crippen LogP contribution in [0, 0.1) is 21.4 Å². The molecule has 0 aliphatic heterocycles. The van der Waals surface area contributed by atoms with Gasteiger partial charge in [0, 0.05) is 38.0 Å². The smallest absolute Gasteiger partial charge is 0.292 e. The number of hydrogen-bond donors (Lipinski definition) is 1. The topological polar surface area (TPSA) is 96.8 Å². The van der Waals surface area contributed by atoms with Crippen LogP contribution in [0.4, 0.5) is 11.4 Å². The number of rotatable bonds is 7. The van der Waals surface area contributed by atoms with Gasteiger partial charge in [0.25, 0.3) is 5.69 Å². The van der Waals surface area contributed by atoms with Crippen molar-refractivity contribution >= 4 is 11.4 Å². The molecule has 7 nitrogen and oxygen atoms in total. The van der Waals surface area contributed by atoms with E-state index in [2.05, 4.69) is 27.0 Å². The Morgan fingerprint density at radius 2 is 2.04 bits per heavy atom. The highest BCUT2D eigenvalue weighted by atomic mass is 16.6. The average Bonchev–Trinajstić information content (AvgIpc) is 3.09. The number of nitrogens with zero attached hydrogens (tertiary/aromatic N) is 4. The molecule has 7 heteroatoms. The highest BCUT2D eigenvalue weighted by Gasteiger charge is 2.14. The largest absolute Gasteiger partial charge is 0.379 e. The number of nitro groups is 1. The van der Waals surface area contributed by atoms with E-state index in [1.807, 2.05) is 30.5 Å². The van der Waals surface area contributed by atoms with Crippen molar-refractivity contribution in [1.82, 2.24) is 9.55 Å². The first-order valence-corrected chi connectivity index (χ1v) is 8.13. The van der Waals surface area contributed by atoms with Crippen LogP contribution < -0.4 is 5.32 Å². The Balaban J connectivity index is 1.67. The maximum atomic E-state index is 11.1. The second-order valence-electron chi connectivity index (χ2n) is 5.73. The molecule has 1 heterocycles. The fourth-order valence-electron chi connectivity index (χ4n) is 2.71. The van der Waals surface area contributed by atoms with Crippen molar-refractivity contribution in [2.24, 2.45) is 0 Å². The van der Waals surface area contributed by atoms with Gasteiger partial charge in [0.05, 0.1) is 16.6 Å². The Hall–Kier alpha value is -3.66. The number of nitro benzene ring substituents is 1. The first kappa shape index (κ1) is 17.2. The third-order valence-corrected chi connectivity index (χ3v) is 3.98. The maximum Gasteiger partial charge on any atom is 0.292 e. The first-order chi connectivity index (χ1) is 12.7. The van der Waals surface area contributed by atoms with Crippen LogP contribution in [-0.4, -0.2) is 21.0 Å². The molecule has 0 radical (unpaired) electrons. The molecule has 0 fully saturated rings. The van der Waals surface area contributed by atoms with Crippen molar-refractivity contribution in [1.29, 1.82) is 5.26 Å². The van der Waals surface area contributed by atoms with E-state index in [1.54, 1.807) is 6.20 Å². The van der Waals surface area contributed by atoms with E-state index in [4.69, 9.17) is 5.26 Å². The lowest BCUT2D eigenvalue weighted by Crippen LogP contribution is -2.12. The molecule has 26 heavy (non-hydrogen) atoms. The molecule has 0 saturated carbocycles. The SMILES string of the molecule is N#Cc1ccc([N+](=O)[O-])c(NCCc2nccn2Cc2ccccc2)c1. The molecular weight excluding hydrogens is 330 g/mol. The zero-order chi connectivity index (χ0) is 18.4. The minimum atomic E-state index is -0.458. The van der Waals surface area contributed by atoms with Crippen LogP contribution in [-0.2, 0) is 13.0 Å². The van der Waals surface area contributed by atoms with Crippen LogP contribution in [0.25, 0.3) is 0 Å². The Bertz CT molecular complexity index is 944. The number of anilines is 1. The van der Waals surface area contributed by atoms with E-state index in [1.165, 1.54) is 23.8 Å². The van der Waals surface area contributed by atoms with Gasteiger partial charge in [0.15, 0.2) is 0 Å². The van der Waals surface area contributed by atoms with Crippen LogP contribution in [0.1, 0.15) is 17.0 Å². The molecule has 0 amide bonds. The summed E-state index contributed by atoms with van der Waals surface area (Å²) in [6.45, 7) is 1.20. The van der Waals surface area contributed by atoms with Gasteiger partial charge < -0.3 is 9.88 Å². The molecule has 0 bridgehead atoms. The molecule has 3 rings (SSSR count). The Kier molecular flexibility index (Phi) is 5.25. The highest BCUT2D eigenvalue weighted by Crippen LogP contribution is 2.25. The van der Waals surface area contributed by atoms with Gasteiger partial charge in [0.2, 0.25) is 0 Å². The summed E-state index contributed by atoms with van der Waals surface area (Å²) in [5.74, 6) is 0.889. The third-order valence-electron chi connectivity index (χ3n) is 3.98. The first-order valence-electron chi connectivity index (χ1n) is 8.13. The van der Waals surface area contributed by atoms with Gasteiger partial charge in [0.1, 0.15) is 11.5 Å². The lowest BCUT2D eigenvalue weighted by Gasteiger charge is -2.10. The summed E-state index contributed by atoms with van der Waals surface area (Å²) >= 11 is 0. The van der Waals surface area contributed by atoms with Crippen LogP contribution in [0.2, 0.25) is 0 Å². The van der Waals surface area contributed by atoms with E-state index in [9.17, 15) is 10.1 Å². The summed E-state index contributed by atoms with van der Waals surface area (Å²) in [5, 5.41) is 23.2. The zero-order valence-corrected chi connectivity index (χ0v) is 14.0. The summed E-state index contributed by atoms with van der Waals surface area (Å²) in [6.07, 6.45) is 4.27. The molecule has 0 aliphatic rings. The predicted molar refractivity (Wildman–Crippen MR) is 97.8 cm³/mol. The molecule has 0 unspecified atom stereocenters. The van der Waals surface area contributed by atoms with Crippen molar-refractivity contribution < 1.29 is 4.92 Å². The molecule has 2 aromatic carbocycles. The van der Waals surface area contributed by atoms with Crippen LogP contribution in [0.3, 0.4) is 0 Å². The monoisotopic (exact) mass is 347 g/mol. The van der Waals surface area contributed by atoms with Crippen LogP contribution in [0.5, 0.6) is 0 Å². The van der Waals surface area contributed by atoms with E-state index < -0.39 is 4.92 Å². The molecule has 1 N–H and O–H groups in total. The summed E-state index contributed by atoms with van der Waals surface area (Å²) in [6, 6.07) is 16.3. The summed E-state index contributed by atoms with van der Waals surface area (Å²) < 4.78 is 2.05. The molecule has 0 atom stereocenters. The maximum absolute atomic E-state index is 11.1. The molecule has 0 aliphatic carbocycles. The van der Waals surface area contributed by atoms with Crippen LogP contribution in [0.15, 0.2) is 60.9 Å². The fourth-order valence-corrected chi connectivity index (χ4v) is 2.71. The zero-order valence-electron chi connectivity index (χ0n) is 14.0. The number of benzene rings is 2. The standard InChI is InChI=1S/C19H17N5O2/c20-13-16-6-7-18(24(25)26)17(12-16)21-9-8-19-22-10-11-23(19)14-15-4-2-1-3-5-15/h1-7,10-12,21H,8-9,14H2. The Labute approximate surface area is 150 Å². The molecular formula is C19H17N5O2. The second kappa shape index (κ2) is 7.94.